The summed E-state index contributed by atoms with van der Waals surface area (Å²) in [7, 11) is 0. The maximum Gasteiger partial charge on any atom is 0.387 e. The quantitative estimate of drug-likeness (QED) is 0.752. The Bertz CT molecular complexity index is 553. The molecule has 1 unspecified atom stereocenters. The van der Waals surface area contributed by atoms with E-state index in [0.29, 0.717) is 13.1 Å². The summed E-state index contributed by atoms with van der Waals surface area (Å²) in [6, 6.07) is 3.19. The van der Waals surface area contributed by atoms with Gasteiger partial charge in [0.2, 0.25) is 5.91 Å². The number of carbonyl (C=O) groups is 1. The predicted molar refractivity (Wildman–Crippen MR) is 73.9 cm³/mol. The number of hydrogen-bond acceptors (Lipinski definition) is 4. The average Bonchev–Trinajstić information content (AvgIpc) is 2.38. The van der Waals surface area contributed by atoms with Gasteiger partial charge in [-0.2, -0.15) is 17.6 Å². The zero-order valence-electron chi connectivity index (χ0n) is 12.2. The van der Waals surface area contributed by atoms with Crippen LogP contribution in [0.4, 0.5) is 23.2 Å². The molecule has 1 aromatic carbocycles. The molecule has 1 fully saturated rings. The summed E-state index contributed by atoms with van der Waals surface area (Å²) in [5, 5.41) is 5.51. The number of alkyl halides is 4. The fourth-order valence-corrected chi connectivity index (χ4v) is 2.10. The van der Waals surface area contributed by atoms with Crippen molar-refractivity contribution < 1.29 is 31.8 Å². The van der Waals surface area contributed by atoms with Crippen molar-refractivity contribution >= 4 is 11.6 Å². The van der Waals surface area contributed by atoms with Crippen molar-refractivity contribution in [2.75, 3.05) is 18.4 Å². The maximum absolute atomic E-state index is 12.5. The highest BCUT2D eigenvalue weighted by Gasteiger charge is 2.29. The number of hydrogen-bond donors (Lipinski definition) is 2. The molecular weight excluding hydrogens is 320 g/mol. The van der Waals surface area contributed by atoms with Crippen molar-refractivity contribution in [3.63, 3.8) is 0 Å². The van der Waals surface area contributed by atoms with Crippen molar-refractivity contribution in [3.8, 4) is 11.5 Å². The number of carbonyl (C=O) groups excluding carboxylic acids is 1. The van der Waals surface area contributed by atoms with Gasteiger partial charge in [-0.15, -0.1) is 0 Å². The number of anilines is 1. The van der Waals surface area contributed by atoms with Gasteiger partial charge in [-0.25, -0.2) is 0 Å². The van der Waals surface area contributed by atoms with Gasteiger partial charge < -0.3 is 20.1 Å². The van der Waals surface area contributed by atoms with Crippen molar-refractivity contribution in [1.29, 1.82) is 0 Å². The first-order chi connectivity index (χ1) is 10.9. The SMILES string of the molecule is CC(C(=O)Nc1ccc(OC(F)F)cc1OC(F)F)C1CNC1. The fourth-order valence-electron chi connectivity index (χ4n) is 2.10. The molecule has 1 saturated heterocycles. The third kappa shape index (κ3) is 4.72. The molecule has 0 spiro atoms. The number of ether oxygens (including phenoxy) is 2. The van der Waals surface area contributed by atoms with E-state index in [1.54, 1.807) is 6.92 Å². The first-order valence-electron chi connectivity index (χ1n) is 6.92. The van der Waals surface area contributed by atoms with Crippen molar-refractivity contribution in [2.24, 2.45) is 11.8 Å². The van der Waals surface area contributed by atoms with Crippen molar-refractivity contribution in [3.05, 3.63) is 18.2 Å². The van der Waals surface area contributed by atoms with E-state index in [2.05, 4.69) is 20.1 Å². The lowest BCUT2D eigenvalue weighted by atomic mass is 9.88. The van der Waals surface area contributed by atoms with Crippen LogP contribution < -0.4 is 20.1 Å². The van der Waals surface area contributed by atoms with Crippen molar-refractivity contribution in [2.45, 2.75) is 20.1 Å². The third-order valence-electron chi connectivity index (χ3n) is 3.59. The van der Waals surface area contributed by atoms with E-state index in [1.165, 1.54) is 6.07 Å². The normalized spacial score (nSPS) is 16.1. The minimum atomic E-state index is -3.17. The highest BCUT2D eigenvalue weighted by atomic mass is 19.3. The number of benzene rings is 1. The molecule has 2 N–H and O–H groups in total. The standard InChI is InChI=1S/C14H16F4N2O3/c1-7(8-5-19-6-8)12(21)20-10-3-2-9(22-13(15)16)4-11(10)23-14(17)18/h2-4,7-8,13-14,19H,5-6H2,1H3,(H,20,21). The molecule has 1 aliphatic heterocycles. The molecule has 0 radical (unpaired) electrons. The first kappa shape index (κ1) is 17.3. The Balaban J connectivity index is 2.13. The summed E-state index contributed by atoms with van der Waals surface area (Å²) in [6.45, 7) is -3.13. The summed E-state index contributed by atoms with van der Waals surface area (Å²) < 4.78 is 57.7. The molecule has 0 saturated carbocycles. The second-order valence-corrected chi connectivity index (χ2v) is 5.11. The van der Waals surface area contributed by atoms with Crippen LogP contribution in [0.1, 0.15) is 6.92 Å². The Kier molecular flexibility index (Phi) is 5.64. The van der Waals surface area contributed by atoms with Crippen LogP contribution in [-0.4, -0.2) is 32.2 Å². The van der Waals surface area contributed by atoms with Crippen LogP contribution in [0.3, 0.4) is 0 Å². The number of amides is 1. The highest BCUT2D eigenvalue weighted by molar-refractivity contribution is 5.94. The molecule has 0 bridgehead atoms. The van der Waals surface area contributed by atoms with Gasteiger partial charge in [0.05, 0.1) is 5.69 Å². The van der Waals surface area contributed by atoms with E-state index in [-0.39, 0.29) is 29.2 Å². The molecule has 2 rings (SSSR count). The molecule has 1 atom stereocenters. The topological polar surface area (TPSA) is 59.6 Å². The molecule has 0 aromatic heterocycles. The van der Waals surface area contributed by atoms with Crippen LogP contribution in [0, 0.1) is 11.8 Å². The fraction of sp³-hybridized carbons (Fsp3) is 0.500. The first-order valence-corrected chi connectivity index (χ1v) is 6.92. The molecule has 23 heavy (non-hydrogen) atoms. The lowest BCUT2D eigenvalue weighted by molar-refractivity contribution is -0.121. The van der Waals surface area contributed by atoms with Crippen LogP contribution in [0.15, 0.2) is 18.2 Å². The smallest absolute Gasteiger partial charge is 0.387 e. The van der Waals surface area contributed by atoms with Crippen LogP contribution in [0.2, 0.25) is 0 Å². The molecule has 1 aromatic rings. The lowest BCUT2D eigenvalue weighted by Crippen LogP contribution is -2.48. The Morgan fingerprint density at radius 2 is 1.87 bits per heavy atom. The van der Waals surface area contributed by atoms with Crippen LogP contribution in [-0.2, 0) is 4.79 Å². The van der Waals surface area contributed by atoms with Crippen molar-refractivity contribution in [1.82, 2.24) is 5.32 Å². The van der Waals surface area contributed by atoms with Gasteiger partial charge in [-0.05, 0) is 31.1 Å². The molecule has 128 valence electrons. The summed E-state index contributed by atoms with van der Waals surface area (Å²) in [6.07, 6.45) is 0. The predicted octanol–water partition coefficient (Wildman–Crippen LogP) is 2.68. The Hall–Kier alpha value is -2.03. The minimum absolute atomic E-state index is 0.0314. The van der Waals surface area contributed by atoms with Gasteiger partial charge in [-0.3, -0.25) is 4.79 Å². The van der Waals surface area contributed by atoms with Gasteiger partial charge >= 0.3 is 13.2 Å². The summed E-state index contributed by atoms with van der Waals surface area (Å²) in [5.74, 6) is -1.31. The zero-order valence-corrected chi connectivity index (χ0v) is 12.2. The number of halogens is 4. The van der Waals surface area contributed by atoms with Crippen LogP contribution in [0.25, 0.3) is 0 Å². The molecule has 9 heteroatoms. The van der Waals surface area contributed by atoms with E-state index >= 15 is 0 Å². The van der Waals surface area contributed by atoms with E-state index in [0.717, 1.165) is 12.1 Å². The third-order valence-corrected chi connectivity index (χ3v) is 3.59. The van der Waals surface area contributed by atoms with Gasteiger partial charge in [0.1, 0.15) is 5.75 Å². The van der Waals surface area contributed by atoms with Gasteiger partial charge in [0.15, 0.2) is 5.75 Å². The van der Waals surface area contributed by atoms with Gasteiger partial charge in [0, 0.05) is 12.0 Å². The molecular formula is C14H16F4N2O3. The maximum atomic E-state index is 12.5. The lowest BCUT2D eigenvalue weighted by Gasteiger charge is -2.31. The second-order valence-electron chi connectivity index (χ2n) is 5.11. The highest BCUT2D eigenvalue weighted by Crippen LogP contribution is 2.32. The largest absolute Gasteiger partial charge is 0.435 e. The van der Waals surface area contributed by atoms with E-state index in [9.17, 15) is 22.4 Å². The Labute approximate surface area is 129 Å². The van der Waals surface area contributed by atoms with E-state index in [4.69, 9.17) is 0 Å². The molecule has 5 nitrogen and oxygen atoms in total. The molecule has 1 heterocycles. The number of rotatable bonds is 7. The number of nitrogens with one attached hydrogen (secondary N) is 2. The Morgan fingerprint density at radius 1 is 1.22 bits per heavy atom. The molecule has 1 aliphatic rings. The van der Waals surface area contributed by atoms with E-state index < -0.39 is 19.0 Å². The average molecular weight is 336 g/mol. The Morgan fingerprint density at radius 3 is 2.39 bits per heavy atom. The van der Waals surface area contributed by atoms with Crippen LogP contribution >= 0.6 is 0 Å². The van der Waals surface area contributed by atoms with Crippen LogP contribution in [0.5, 0.6) is 11.5 Å². The molecule has 0 aliphatic carbocycles. The minimum Gasteiger partial charge on any atom is -0.435 e. The zero-order chi connectivity index (χ0) is 17.0. The summed E-state index contributed by atoms with van der Waals surface area (Å²) in [5.41, 5.74) is -0.0314. The van der Waals surface area contributed by atoms with Gasteiger partial charge in [-0.1, -0.05) is 6.92 Å². The second kappa shape index (κ2) is 7.49. The van der Waals surface area contributed by atoms with Gasteiger partial charge in [0.25, 0.3) is 0 Å². The van der Waals surface area contributed by atoms with E-state index in [1.807, 2.05) is 0 Å². The summed E-state index contributed by atoms with van der Waals surface area (Å²) >= 11 is 0. The monoisotopic (exact) mass is 336 g/mol. The molecule has 1 amide bonds. The summed E-state index contributed by atoms with van der Waals surface area (Å²) in [4.78, 5) is 12.1.